The Morgan fingerprint density at radius 1 is 1.21 bits per heavy atom. The summed E-state index contributed by atoms with van der Waals surface area (Å²) in [5.41, 5.74) is 7.43. The lowest BCUT2D eigenvalue weighted by Gasteiger charge is -2.07. The molecule has 2 rings (SSSR count). The molecule has 0 aromatic heterocycles. The van der Waals surface area contributed by atoms with Crippen molar-refractivity contribution in [3.8, 4) is 5.75 Å². The highest BCUT2D eigenvalue weighted by Gasteiger charge is 2.10. The van der Waals surface area contributed by atoms with Crippen molar-refractivity contribution in [2.75, 3.05) is 5.73 Å². The van der Waals surface area contributed by atoms with Gasteiger partial charge >= 0.3 is 0 Å². The molecule has 0 aliphatic carbocycles. The molecule has 1 amide bonds. The van der Waals surface area contributed by atoms with Crippen LogP contribution >= 0.6 is 11.6 Å². The van der Waals surface area contributed by atoms with Gasteiger partial charge in [-0.1, -0.05) is 23.7 Å². The molecule has 0 fully saturated rings. The first-order chi connectivity index (χ1) is 9.06. The van der Waals surface area contributed by atoms with Crippen LogP contribution in [-0.2, 0) is 6.54 Å². The van der Waals surface area contributed by atoms with E-state index in [4.69, 9.17) is 17.3 Å². The number of nitrogen functional groups attached to an aromatic ring is 1. The molecule has 0 aliphatic rings. The molecule has 4 N–H and O–H groups in total. The maximum atomic E-state index is 11.9. The number of hydrogen-bond donors (Lipinski definition) is 3. The average molecular weight is 277 g/mol. The topological polar surface area (TPSA) is 75.3 Å². The van der Waals surface area contributed by atoms with Gasteiger partial charge in [-0.25, -0.2) is 0 Å². The molecule has 0 atom stereocenters. The number of amides is 1. The maximum Gasteiger partial charge on any atom is 0.253 e. The second kappa shape index (κ2) is 5.63. The summed E-state index contributed by atoms with van der Waals surface area (Å²) in [6, 6.07) is 11.4. The zero-order valence-corrected chi connectivity index (χ0v) is 10.8. The SMILES string of the molecule is Nc1ccc(CNC(=O)c2cc(O)ccc2Cl)cc1. The molecule has 2 aromatic rings. The molecule has 0 heterocycles. The molecule has 0 aliphatic heterocycles. The fourth-order valence-electron chi connectivity index (χ4n) is 1.60. The third-order valence-corrected chi connectivity index (χ3v) is 2.96. The fraction of sp³-hybridized carbons (Fsp3) is 0.0714. The van der Waals surface area contributed by atoms with Crippen LogP contribution in [0.15, 0.2) is 42.5 Å². The molecule has 0 unspecified atom stereocenters. The number of halogens is 1. The number of anilines is 1. The van der Waals surface area contributed by atoms with Gasteiger partial charge in [-0.15, -0.1) is 0 Å². The molecule has 98 valence electrons. The fourth-order valence-corrected chi connectivity index (χ4v) is 1.80. The minimum Gasteiger partial charge on any atom is -0.508 e. The second-order valence-electron chi connectivity index (χ2n) is 4.09. The van der Waals surface area contributed by atoms with Gasteiger partial charge in [0.05, 0.1) is 10.6 Å². The van der Waals surface area contributed by atoms with Crippen LogP contribution in [-0.4, -0.2) is 11.0 Å². The van der Waals surface area contributed by atoms with E-state index in [2.05, 4.69) is 5.32 Å². The van der Waals surface area contributed by atoms with Crippen molar-refractivity contribution >= 4 is 23.2 Å². The third-order valence-electron chi connectivity index (χ3n) is 2.63. The van der Waals surface area contributed by atoms with Gasteiger partial charge in [0.25, 0.3) is 5.91 Å². The predicted molar refractivity (Wildman–Crippen MR) is 75.1 cm³/mol. The second-order valence-corrected chi connectivity index (χ2v) is 4.50. The van der Waals surface area contributed by atoms with E-state index in [1.807, 2.05) is 12.1 Å². The average Bonchev–Trinajstić information content (AvgIpc) is 2.40. The number of phenolic OH excluding ortho intramolecular Hbond substituents is 1. The number of aromatic hydroxyl groups is 1. The van der Waals surface area contributed by atoms with Crippen LogP contribution in [0.3, 0.4) is 0 Å². The lowest BCUT2D eigenvalue weighted by atomic mass is 10.1. The van der Waals surface area contributed by atoms with Crippen molar-refractivity contribution in [3.05, 3.63) is 58.6 Å². The van der Waals surface area contributed by atoms with Crippen molar-refractivity contribution in [2.24, 2.45) is 0 Å². The van der Waals surface area contributed by atoms with Crippen LogP contribution < -0.4 is 11.1 Å². The number of carbonyl (C=O) groups excluding carboxylic acids is 1. The van der Waals surface area contributed by atoms with Gasteiger partial charge < -0.3 is 16.2 Å². The summed E-state index contributed by atoms with van der Waals surface area (Å²) in [7, 11) is 0. The summed E-state index contributed by atoms with van der Waals surface area (Å²) in [4.78, 5) is 11.9. The number of rotatable bonds is 3. The summed E-state index contributed by atoms with van der Waals surface area (Å²) >= 11 is 5.91. The number of phenols is 1. The number of hydrogen-bond acceptors (Lipinski definition) is 3. The van der Waals surface area contributed by atoms with E-state index in [9.17, 15) is 9.90 Å². The molecule has 0 bridgehead atoms. The number of benzene rings is 2. The smallest absolute Gasteiger partial charge is 0.253 e. The van der Waals surface area contributed by atoms with Gasteiger partial charge in [0, 0.05) is 12.2 Å². The minimum absolute atomic E-state index is 0.00188. The van der Waals surface area contributed by atoms with E-state index < -0.39 is 0 Å². The zero-order valence-electron chi connectivity index (χ0n) is 10.1. The number of nitrogens with one attached hydrogen (secondary N) is 1. The quantitative estimate of drug-likeness (QED) is 0.754. The van der Waals surface area contributed by atoms with E-state index >= 15 is 0 Å². The lowest BCUT2D eigenvalue weighted by Crippen LogP contribution is -2.23. The van der Waals surface area contributed by atoms with E-state index in [1.54, 1.807) is 12.1 Å². The first-order valence-corrected chi connectivity index (χ1v) is 6.05. The molecule has 0 saturated carbocycles. The van der Waals surface area contributed by atoms with Crippen molar-refractivity contribution < 1.29 is 9.90 Å². The predicted octanol–water partition coefficient (Wildman–Crippen LogP) is 2.56. The Bertz CT molecular complexity index is 597. The monoisotopic (exact) mass is 276 g/mol. The van der Waals surface area contributed by atoms with Gasteiger partial charge in [-0.2, -0.15) is 0 Å². The Kier molecular flexibility index (Phi) is 3.92. The molecule has 0 spiro atoms. The van der Waals surface area contributed by atoms with E-state index in [1.165, 1.54) is 18.2 Å². The summed E-state index contributed by atoms with van der Waals surface area (Å²) < 4.78 is 0. The van der Waals surface area contributed by atoms with Crippen molar-refractivity contribution in [2.45, 2.75) is 6.54 Å². The highest BCUT2D eigenvalue weighted by Crippen LogP contribution is 2.21. The van der Waals surface area contributed by atoms with Gasteiger partial charge in [-0.3, -0.25) is 4.79 Å². The Morgan fingerprint density at radius 2 is 1.89 bits per heavy atom. The van der Waals surface area contributed by atoms with Crippen molar-refractivity contribution in [1.29, 1.82) is 0 Å². The summed E-state index contributed by atoms with van der Waals surface area (Å²) in [5, 5.41) is 12.4. The Balaban J connectivity index is 2.05. The standard InChI is InChI=1S/C14H13ClN2O2/c15-13-6-5-11(18)7-12(13)14(19)17-8-9-1-3-10(16)4-2-9/h1-7,18H,8,16H2,(H,17,19). The maximum absolute atomic E-state index is 11.9. The highest BCUT2D eigenvalue weighted by atomic mass is 35.5. The van der Waals surface area contributed by atoms with Gasteiger partial charge in [0.2, 0.25) is 0 Å². The lowest BCUT2D eigenvalue weighted by molar-refractivity contribution is 0.0950. The molecular weight excluding hydrogens is 264 g/mol. The van der Waals surface area contributed by atoms with Crippen LogP contribution in [0.1, 0.15) is 15.9 Å². The zero-order chi connectivity index (χ0) is 13.8. The Labute approximate surface area is 115 Å². The van der Waals surface area contributed by atoms with Crippen LogP contribution in [0.2, 0.25) is 5.02 Å². The first-order valence-electron chi connectivity index (χ1n) is 5.67. The molecule has 4 nitrogen and oxygen atoms in total. The summed E-state index contributed by atoms with van der Waals surface area (Å²) in [6.07, 6.45) is 0. The van der Waals surface area contributed by atoms with Crippen LogP contribution in [0.4, 0.5) is 5.69 Å². The van der Waals surface area contributed by atoms with E-state index in [0.717, 1.165) is 5.56 Å². The third kappa shape index (κ3) is 3.39. The normalized spacial score (nSPS) is 10.2. The van der Waals surface area contributed by atoms with E-state index in [-0.39, 0.29) is 17.2 Å². The number of carbonyl (C=O) groups is 1. The molecule has 0 radical (unpaired) electrons. The van der Waals surface area contributed by atoms with Gasteiger partial charge in [0.15, 0.2) is 0 Å². The molecule has 2 aromatic carbocycles. The summed E-state index contributed by atoms with van der Waals surface area (Å²) in [6.45, 7) is 0.366. The first kappa shape index (κ1) is 13.2. The van der Waals surface area contributed by atoms with Crippen molar-refractivity contribution in [3.63, 3.8) is 0 Å². The number of nitrogens with two attached hydrogens (primary N) is 1. The van der Waals surface area contributed by atoms with Gasteiger partial charge in [0.1, 0.15) is 5.75 Å². The van der Waals surface area contributed by atoms with Crippen LogP contribution in [0.5, 0.6) is 5.75 Å². The minimum atomic E-state index is -0.335. The van der Waals surface area contributed by atoms with Crippen LogP contribution in [0.25, 0.3) is 0 Å². The van der Waals surface area contributed by atoms with E-state index in [0.29, 0.717) is 17.3 Å². The Morgan fingerprint density at radius 3 is 2.58 bits per heavy atom. The highest BCUT2D eigenvalue weighted by molar-refractivity contribution is 6.33. The molecule has 5 heteroatoms. The van der Waals surface area contributed by atoms with Gasteiger partial charge in [-0.05, 0) is 35.9 Å². The van der Waals surface area contributed by atoms with Crippen molar-refractivity contribution in [1.82, 2.24) is 5.32 Å². The molecule has 0 saturated heterocycles. The van der Waals surface area contributed by atoms with Crippen LogP contribution in [0, 0.1) is 0 Å². The summed E-state index contributed by atoms with van der Waals surface area (Å²) in [5.74, 6) is -0.334. The molecular formula is C14H13ClN2O2. The Hall–Kier alpha value is -2.20. The largest absolute Gasteiger partial charge is 0.508 e. The molecule has 19 heavy (non-hydrogen) atoms.